The van der Waals surface area contributed by atoms with Crippen LogP contribution in [0.15, 0.2) is 52.5 Å². The predicted molar refractivity (Wildman–Crippen MR) is 116 cm³/mol. The Hall–Kier alpha value is -2.74. The van der Waals surface area contributed by atoms with Crippen molar-refractivity contribution in [2.75, 3.05) is 0 Å². The lowest BCUT2D eigenvalue weighted by Crippen LogP contribution is -2.18. The number of allylic oxidation sites excluding steroid dienone is 1. The van der Waals surface area contributed by atoms with E-state index in [1.165, 1.54) is 30.6 Å². The van der Waals surface area contributed by atoms with E-state index in [9.17, 15) is 17.6 Å². The van der Waals surface area contributed by atoms with Crippen molar-refractivity contribution in [1.29, 1.82) is 0 Å². The number of aromatic nitrogens is 1. The minimum absolute atomic E-state index is 0.0711. The number of nitrogens with two attached hydrogens (primary N) is 1. The average molecular weight is 430 g/mol. The van der Waals surface area contributed by atoms with Crippen molar-refractivity contribution < 1.29 is 12.8 Å². The molecule has 2 aliphatic rings. The van der Waals surface area contributed by atoms with Crippen molar-refractivity contribution in [3.05, 3.63) is 70.0 Å². The number of halogens is 1. The van der Waals surface area contributed by atoms with Gasteiger partial charge in [-0.15, -0.1) is 0 Å². The molecule has 0 amide bonds. The second-order valence-electron chi connectivity index (χ2n) is 8.02. The van der Waals surface area contributed by atoms with E-state index in [1.807, 2.05) is 0 Å². The van der Waals surface area contributed by atoms with E-state index in [1.54, 1.807) is 22.9 Å². The van der Waals surface area contributed by atoms with Crippen LogP contribution < -0.4 is 11.3 Å². The zero-order chi connectivity index (χ0) is 21.3. The van der Waals surface area contributed by atoms with Crippen molar-refractivity contribution in [2.45, 2.75) is 43.2 Å². The van der Waals surface area contributed by atoms with Crippen molar-refractivity contribution in [2.24, 2.45) is 16.6 Å². The zero-order valence-corrected chi connectivity index (χ0v) is 17.3. The zero-order valence-electron chi connectivity index (χ0n) is 16.5. The maximum absolute atomic E-state index is 14.7. The smallest absolute Gasteiger partial charge is 0.250 e. The number of benzene rings is 1. The maximum atomic E-state index is 14.7. The number of hydrogen-bond donors (Lipinski definition) is 1. The van der Waals surface area contributed by atoms with Gasteiger partial charge in [0.2, 0.25) is 0 Å². The molecular formula is C22H24FN3O3S. The van der Waals surface area contributed by atoms with Gasteiger partial charge in [0.25, 0.3) is 5.56 Å². The first-order chi connectivity index (χ1) is 14.4. The summed E-state index contributed by atoms with van der Waals surface area (Å²) in [6.45, 7) is 0.682. The summed E-state index contributed by atoms with van der Waals surface area (Å²) in [5.41, 5.74) is 7.20. The third kappa shape index (κ3) is 4.87. The molecule has 6 nitrogen and oxygen atoms in total. The Kier molecular flexibility index (Phi) is 5.60. The number of aliphatic imine (C=N–C) groups is 1. The van der Waals surface area contributed by atoms with Gasteiger partial charge in [-0.1, -0.05) is 12.1 Å². The van der Waals surface area contributed by atoms with Crippen LogP contribution in [0, 0.1) is 11.7 Å². The monoisotopic (exact) mass is 429 g/mol. The molecule has 2 aromatic rings. The molecule has 2 N–H and O–H groups in total. The third-order valence-corrected chi connectivity index (χ3v) is 7.62. The molecule has 0 unspecified atom stereocenters. The van der Waals surface area contributed by atoms with Crippen LogP contribution in [0.3, 0.4) is 0 Å². The van der Waals surface area contributed by atoms with Crippen LogP contribution in [-0.2, 0) is 22.1 Å². The molecule has 0 radical (unpaired) electrons. The van der Waals surface area contributed by atoms with E-state index < -0.39 is 15.7 Å². The summed E-state index contributed by atoms with van der Waals surface area (Å²) in [7, 11) is -3.21. The first-order valence-electron chi connectivity index (χ1n) is 10.0. The fourth-order valence-electron chi connectivity index (χ4n) is 3.32. The lowest BCUT2D eigenvalue weighted by atomic mass is 10.1. The molecule has 0 aliphatic heterocycles. The Labute approximate surface area is 174 Å². The van der Waals surface area contributed by atoms with Crippen molar-refractivity contribution in [1.82, 2.24) is 4.57 Å². The molecule has 1 aromatic carbocycles. The van der Waals surface area contributed by atoms with Crippen molar-refractivity contribution in [3.63, 3.8) is 0 Å². The van der Waals surface area contributed by atoms with Crippen LogP contribution in [0.1, 0.15) is 36.8 Å². The fraction of sp³-hybridized carbons (Fsp3) is 0.364. The minimum Gasteiger partial charge on any atom is -0.404 e. The van der Waals surface area contributed by atoms with E-state index in [0.717, 1.165) is 12.8 Å². The van der Waals surface area contributed by atoms with Crippen LogP contribution in [0.25, 0.3) is 5.57 Å². The van der Waals surface area contributed by atoms with Gasteiger partial charge in [0.05, 0.1) is 16.7 Å². The molecule has 0 spiro atoms. The van der Waals surface area contributed by atoms with Gasteiger partial charge >= 0.3 is 0 Å². The van der Waals surface area contributed by atoms with Crippen LogP contribution in [0.5, 0.6) is 0 Å². The number of rotatable bonds is 8. The van der Waals surface area contributed by atoms with Gasteiger partial charge in [-0.2, -0.15) is 0 Å². The molecule has 1 heterocycles. The molecule has 2 fully saturated rings. The number of hydrogen-bond acceptors (Lipinski definition) is 5. The van der Waals surface area contributed by atoms with E-state index in [4.69, 9.17) is 5.73 Å². The van der Waals surface area contributed by atoms with Gasteiger partial charge in [0, 0.05) is 42.4 Å². The van der Waals surface area contributed by atoms with E-state index in [2.05, 4.69) is 4.99 Å². The van der Waals surface area contributed by atoms with Gasteiger partial charge in [-0.05, 0) is 49.3 Å². The topological polar surface area (TPSA) is 94.5 Å². The lowest BCUT2D eigenvalue weighted by Gasteiger charge is -2.08. The van der Waals surface area contributed by atoms with Gasteiger partial charge < -0.3 is 10.3 Å². The van der Waals surface area contributed by atoms with Crippen LogP contribution in [0.4, 0.5) is 10.1 Å². The molecule has 0 saturated heterocycles. The first kappa shape index (κ1) is 20.5. The van der Waals surface area contributed by atoms with Gasteiger partial charge in [0.1, 0.15) is 5.82 Å². The number of sulfone groups is 1. The number of nitrogens with zero attached hydrogens (tertiary/aromatic N) is 2. The lowest BCUT2D eigenvalue weighted by molar-refractivity contribution is 0.593. The van der Waals surface area contributed by atoms with E-state index in [0.29, 0.717) is 42.1 Å². The molecule has 1 aromatic heterocycles. The van der Waals surface area contributed by atoms with Gasteiger partial charge in [0.15, 0.2) is 9.84 Å². The SMILES string of the molecule is NC=C(C=Nc1ccc(=O)n(CC2CC2)c1)c1ccc(CS(=O)(=O)C2CC2)cc1F. The van der Waals surface area contributed by atoms with Gasteiger partial charge in [-0.3, -0.25) is 9.79 Å². The summed E-state index contributed by atoms with van der Waals surface area (Å²) < 4.78 is 40.6. The minimum atomic E-state index is -3.21. The Balaban J connectivity index is 1.52. The van der Waals surface area contributed by atoms with Crippen molar-refractivity contribution >= 4 is 27.3 Å². The van der Waals surface area contributed by atoms with Crippen LogP contribution in [0.2, 0.25) is 0 Å². The second kappa shape index (κ2) is 8.18. The Bertz CT molecular complexity index is 1180. The summed E-state index contributed by atoms with van der Waals surface area (Å²) in [5.74, 6) is -0.161. The third-order valence-electron chi connectivity index (χ3n) is 5.40. The van der Waals surface area contributed by atoms with Crippen molar-refractivity contribution in [3.8, 4) is 0 Å². The molecule has 8 heteroatoms. The van der Waals surface area contributed by atoms with Crippen LogP contribution in [-0.4, -0.2) is 24.4 Å². The summed E-state index contributed by atoms with van der Waals surface area (Å²) in [5, 5.41) is -0.282. The summed E-state index contributed by atoms with van der Waals surface area (Å²) >= 11 is 0. The summed E-state index contributed by atoms with van der Waals surface area (Å²) in [6, 6.07) is 7.44. The molecule has 4 rings (SSSR count). The summed E-state index contributed by atoms with van der Waals surface area (Å²) in [6.07, 6.45) is 8.03. The summed E-state index contributed by atoms with van der Waals surface area (Å²) in [4.78, 5) is 16.3. The highest BCUT2D eigenvalue weighted by molar-refractivity contribution is 7.91. The molecule has 2 saturated carbocycles. The molecule has 2 aliphatic carbocycles. The largest absolute Gasteiger partial charge is 0.404 e. The molecule has 158 valence electrons. The average Bonchev–Trinajstić information content (AvgIpc) is 3.59. The highest BCUT2D eigenvalue weighted by atomic mass is 32.2. The molecule has 30 heavy (non-hydrogen) atoms. The normalized spacial score (nSPS) is 17.6. The standard InChI is InChI=1S/C22H24FN3O3S/c23-21-9-16(14-30(28,29)19-5-6-19)3-7-20(21)17(10-24)11-25-18-4-8-22(27)26(13-18)12-15-1-2-15/h3-4,7-11,13,15,19H,1-2,5-6,12,14,24H2. The molecular weight excluding hydrogens is 405 g/mol. The quantitative estimate of drug-likeness (QED) is 0.652. The Morgan fingerprint density at radius 1 is 1.20 bits per heavy atom. The van der Waals surface area contributed by atoms with Crippen LogP contribution >= 0.6 is 0 Å². The maximum Gasteiger partial charge on any atom is 0.250 e. The highest BCUT2D eigenvalue weighted by Gasteiger charge is 2.35. The Morgan fingerprint density at radius 2 is 1.97 bits per heavy atom. The van der Waals surface area contributed by atoms with E-state index in [-0.39, 0.29) is 22.1 Å². The van der Waals surface area contributed by atoms with Gasteiger partial charge in [-0.25, -0.2) is 12.8 Å². The fourth-order valence-corrected chi connectivity index (χ4v) is 5.06. The Morgan fingerprint density at radius 3 is 2.60 bits per heavy atom. The van der Waals surface area contributed by atoms with E-state index >= 15 is 0 Å². The predicted octanol–water partition coefficient (Wildman–Crippen LogP) is 3.18. The highest BCUT2D eigenvalue weighted by Crippen LogP contribution is 2.32. The second-order valence-corrected chi connectivity index (χ2v) is 10.3. The molecule has 0 atom stereocenters. The molecule has 0 bridgehead atoms. The first-order valence-corrected chi connectivity index (χ1v) is 11.7. The number of pyridine rings is 1.